The van der Waals surface area contributed by atoms with E-state index >= 15 is 0 Å². The molecule has 0 aromatic heterocycles. The summed E-state index contributed by atoms with van der Waals surface area (Å²) in [4.78, 5) is 38.1. The van der Waals surface area contributed by atoms with Crippen LogP contribution in [0.2, 0.25) is 0 Å². The van der Waals surface area contributed by atoms with Crippen molar-refractivity contribution in [1.29, 1.82) is 0 Å². The third kappa shape index (κ3) is 7.74. The van der Waals surface area contributed by atoms with Gasteiger partial charge in [0.1, 0.15) is 11.6 Å². The molecule has 0 saturated carbocycles. The molecule has 38 heavy (non-hydrogen) atoms. The Bertz CT molecular complexity index is 1130. The molecular formula is C35H48O3. The third-order valence-corrected chi connectivity index (χ3v) is 8.34. The SMILES string of the molecule is CCCC(CC1CC(=O)c2c(C)ccc(-c3ccc(CCC(C)(C)C)cc3)c2C1)C(CC)C(=O)CC(C)=O. The first-order valence-corrected chi connectivity index (χ1v) is 14.7. The average Bonchev–Trinajstić information content (AvgIpc) is 2.83. The molecule has 3 unspecified atom stereocenters. The zero-order valence-electron chi connectivity index (χ0n) is 24.8. The molecule has 0 aliphatic heterocycles. The molecule has 1 aliphatic carbocycles. The van der Waals surface area contributed by atoms with E-state index in [2.05, 4.69) is 71.0 Å². The zero-order valence-corrected chi connectivity index (χ0v) is 24.8. The van der Waals surface area contributed by atoms with E-state index < -0.39 is 0 Å². The van der Waals surface area contributed by atoms with Gasteiger partial charge in [0.05, 0.1) is 6.42 Å². The van der Waals surface area contributed by atoms with Crippen LogP contribution in [0, 0.1) is 30.1 Å². The average molecular weight is 517 g/mol. The molecule has 0 N–H and O–H groups in total. The molecule has 0 radical (unpaired) electrons. The Balaban J connectivity index is 1.87. The third-order valence-electron chi connectivity index (χ3n) is 8.34. The van der Waals surface area contributed by atoms with Gasteiger partial charge in [-0.2, -0.15) is 0 Å². The van der Waals surface area contributed by atoms with Crippen LogP contribution in [0.15, 0.2) is 36.4 Å². The van der Waals surface area contributed by atoms with Crippen molar-refractivity contribution < 1.29 is 14.4 Å². The van der Waals surface area contributed by atoms with Gasteiger partial charge < -0.3 is 0 Å². The topological polar surface area (TPSA) is 51.2 Å². The number of aryl methyl sites for hydroxylation is 2. The first-order chi connectivity index (χ1) is 17.9. The van der Waals surface area contributed by atoms with Gasteiger partial charge in [0.2, 0.25) is 0 Å². The quantitative estimate of drug-likeness (QED) is 0.265. The molecule has 3 atom stereocenters. The minimum Gasteiger partial charge on any atom is -0.300 e. The number of carbonyl (C=O) groups is 3. The first kappa shape index (κ1) is 30.0. The summed E-state index contributed by atoms with van der Waals surface area (Å²) >= 11 is 0. The summed E-state index contributed by atoms with van der Waals surface area (Å²) in [5.74, 6) is 0.576. The summed E-state index contributed by atoms with van der Waals surface area (Å²) in [5.41, 5.74) is 7.13. The summed E-state index contributed by atoms with van der Waals surface area (Å²) in [6, 6.07) is 13.2. The smallest absolute Gasteiger partial charge is 0.163 e. The molecule has 3 heteroatoms. The number of carbonyl (C=O) groups excluding carboxylic acids is 3. The van der Waals surface area contributed by atoms with Gasteiger partial charge in [-0.05, 0) is 91.0 Å². The molecule has 2 aromatic carbocycles. The van der Waals surface area contributed by atoms with E-state index in [1.807, 2.05) is 6.92 Å². The lowest BCUT2D eigenvalue weighted by Gasteiger charge is -2.32. The van der Waals surface area contributed by atoms with Crippen LogP contribution in [-0.2, 0) is 22.4 Å². The summed E-state index contributed by atoms with van der Waals surface area (Å²) in [6.45, 7) is 14.6. The molecule has 0 spiro atoms. The van der Waals surface area contributed by atoms with Crippen molar-refractivity contribution in [1.82, 2.24) is 0 Å². The maximum Gasteiger partial charge on any atom is 0.163 e. The van der Waals surface area contributed by atoms with E-state index in [0.29, 0.717) is 11.8 Å². The van der Waals surface area contributed by atoms with E-state index in [-0.39, 0.29) is 41.5 Å². The second-order valence-electron chi connectivity index (χ2n) is 12.9. The van der Waals surface area contributed by atoms with Gasteiger partial charge in [0, 0.05) is 17.9 Å². The van der Waals surface area contributed by atoms with Gasteiger partial charge in [-0.3, -0.25) is 14.4 Å². The van der Waals surface area contributed by atoms with Crippen molar-refractivity contribution in [2.45, 2.75) is 106 Å². The van der Waals surface area contributed by atoms with Crippen molar-refractivity contribution in [3.8, 4) is 11.1 Å². The van der Waals surface area contributed by atoms with Gasteiger partial charge in [0.15, 0.2) is 5.78 Å². The highest BCUT2D eigenvalue weighted by atomic mass is 16.1. The molecule has 0 bridgehead atoms. The Morgan fingerprint density at radius 3 is 2.26 bits per heavy atom. The van der Waals surface area contributed by atoms with Crippen LogP contribution in [-0.4, -0.2) is 17.3 Å². The van der Waals surface area contributed by atoms with E-state index in [1.165, 1.54) is 23.6 Å². The van der Waals surface area contributed by atoms with E-state index in [9.17, 15) is 14.4 Å². The Hall–Kier alpha value is -2.55. The highest BCUT2D eigenvalue weighted by Crippen LogP contribution is 2.40. The molecule has 2 aromatic rings. The van der Waals surface area contributed by atoms with Crippen LogP contribution in [0.4, 0.5) is 0 Å². The maximum atomic E-state index is 13.5. The van der Waals surface area contributed by atoms with Crippen LogP contribution in [0.3, 0.4) is 0 Å². The van der Waals surface area contributed by atoms with Crippen molar-refractivity contribution in [2.24, 2.45) is 23.2 Å². The number of benzene rings is 2. The van der Waals surface area contributed by atoms with Crippen molar-refractivity contribution in [3.05, 3.63) is 58.7 Å². The molecule has 0 amide bonds. The maximum absolute atomic E-state index is 13.5. The summed E-state index contributed by atoms with van der Waals surface area (Å²) in [6.07, 6.45) is 7.21. The molecule has 206 valence electrons. The largest absolute Gasteiger partial charge is 0.300 e. The van der Waals surface area contributed by atoms with Crippen molar-refractivity contribution in [3.63, 3.8) is 0 Å². The van der Waals surface area contributed by atoms with E-state index in [0.717, 1.165) is 61.6 Å². The van der Waals surface area contributed by atoms with Gasteiger partial charge in [0.25, 0.3) is 0 Å². The number of Topliss-reactive ketones (excluding diaryl/α,β-unsaturated/α-hetero) is 3. The molecule has 0 heterocycles. The number of fused-ring (bicyclic) bond motifs is 1. The van der Waals surface area contributed by atoms with Crippen LogP contribution in [0.1, 0.15) is 114 Å². The van der Waals surface area contributed by atoms with Gasteiger partial charge in [-0.15, -0.1) is 0 Å². The molecule has 1 aliphatic rings. The standard InChI is InChI=1S/C35H48O3/c1-8-10-28(29(9-2)32(37)19-24(4)36)20-26-21-31-30(16-11-23(3)34(31)33(38)22-26)27-14-12-25(13-15-27)17-18-35(5,6)7/h11-16,26,28-29H,8-10,17-22H2,1-7H3. The van der Waals surface area contributed by atoms with Crippen molar-refractivity contribution >= 4 is 17.3 Å². The summed E-state index contributed by atoms with van der Waals surface area (Å²) in [7, 11) is 0. The Labute approximate surface area is 230 Å². The van der Waals surface area contributed by atoms with Crippen LogP contribution >= 0.6 is 0 Å². The predicted molar refractivity (Wildman–Crippen MR) is 158 cm³/mol. The Kier molecular flexibility index (Phi) is 10.3. The van der Waals surface area contributed by atoms with Crippen LogP contribution in [0.25, 0.3) is 11.1 Å². The highest BCUT2D eigenvalue weighted by molar-refractivity contribution is 6.02. The van der Waals surface area contributed by atoms with Gasteiger partial charge in [-0.1, -0.05) is 83.9 Å². The first-order valence-electron chi connectivity index (χ1n) is 14.7. The van der Waals surface area contributed by atoms with E-state index in [4.69, 9.17) is 0 Å². The normalized spacial score (nSPS) is 17.1. The number of ketones is 3. The van der Waals surface area contributed by atoms with E-state index in [1.54, 1.807) is 0 Å². The minimum absolute atomic E-state index is 0.0280. The summed E-state index contributed by atoms with van der Waals surface area (Å²) in [5, 5.41) is 0. The fourth-order valence-electron chi connectivity index (χ4n) is 6.38. The second-order valence-corrected chi connectivity index (χ2v) is 12.9. The summed E-state index contributed by atoms with van der Waals surface area (Å²) < 4.78 is 0. The lowest BCUT2D eigenvalue weighted by atomic mass is 9.71. The zero-order chi connectivity index (χ0) is 28.0. The number of hydrogen-bond donors (Lipinski definition) is 0. The molecule has 0 fully saturated rings. The minimum atomic E-state index is -0.104. The lowest BCUT2D eigenvalue weighted by Crippen LogP contribution is -2.30. The van der Waals surface area contributed by atoms with Crippen molar-refractivity contribution in [2.75, 3.05) is 0 Å². The Morgan fingerprint density at radius 2 is 1.68 bits per heavy atom. The fourth-order valence-corrected chi connectivity index (χ4v) is 6.38. The number of hydrogen-bond acceptors (Lipinski definition) is 3. The highest BCUT2D eigenvalue weighted by Gasteiger charge is 2.34. The van der Waals surface area contributed by atoms with Crippen LogP contribution in [0.5, 0.6) is 0 Å². The molecule has 0 saturated heterocycles. The molecular weight excluding hydrogens is 468 g/mol. The fraction of sp³-hybridized carbons (Fsp3) is 0.571. The van der Waals surface area contributed by atoms with Gasteiger partial charge >= 0.3 is 0 Å². The van der Waals surface area contributed by atoms with Crippen LogP contribution < -0.4 is 0 Å². The Morgan fingerprint density at radius 1 is 1.00 bits per heavy atom. The second kappa shape index (κ2) is 13.0. The van der Waals surface area contributed by atoms with Gasteiger partial charge in [-0.25, -0.2) is 0 Å². The molecule has 3 nitrogen and oxygen atoms in total. The lowest BCUT2D eigenvalue weighted by molar-refractivity contribution is -0.129. The number of rotatable bonds is 12. The molecule has 3 rings (SSSR count). The predicted octanol–water partition coefficient (Wildman–Crippen LogP) is 8.77. The monoisotopic (exact) mass is 516 g/mol.